The zero-order valence-corrected chi connectivity index (χ0v) is 15.1. The van der Waals surface area contributed by atoms with Gasteiger partial charge < -0.3 is 0 Å². The summed E-state index contributed by atoms with van der Waals surface area (Å²) in [7, 11) is -4.05. The number of aryl methyl sites for hydroxylation is 1. The molecule has 0 unspecified atom stereocenters. The third kappa shape index (κ3) is 3.96. The maximum Gasteiger partial charge on any atom is 0.334 e. The van der Waals surface area contributed by atoms with E-state index in [9.17, 15) is 18.5 Å². The quantitative estimate of drug-likeness (QED) is 0.720. The third-order valence-corrected chi connectivity index (χ3v) is 5.03. The summed E-state index contributed by atoms with van der Waals surface area (Å²) in [6, 6.07) is 15.8. The summed E-state index contributed by atoms with van der Waals surface area (Å²) >= 11 is 0. The van der Waals surface area contributed by atoms with Gasteiger partial charge in [0, 0.05) is 0 Å². The van der Waals surface area contributed by atoms with Gasteiger partial charge in [-0.2, -0.15) is 10.4 Å². The molecule has 3 aromatic rings. The number of urea groups is 1. The standard InChI is InChI=1S/C18H15N5O3S/c1-13-7-9-16(10-8-13)27(25,26)22-18(24)21-17-14(11-19)12-20-23(17)15-5-3-2-4-6-15/h2-10,12H,1H3,(H2,21,22,24). The summed E-state index contributed by atoms with van der Waals surface area (Å²) in [5.41, 5.74) is 1.60. The summed E-state index contributed by atoms with van der Waals surface area (Å²) < 4.78 is 27.9. The van der Waals surface area contributed by atoms with E-state index >= 15 is 0 Å². The summed E-state index contributed by atoms with van der Waals surface area (Å²) in [5, 5.41) is 15.7. The molecule has 0 fully saturated rings. The number of amides is 2. The van der Waals surface area contributed by atoms with E-state index < -0.39 is 16.1 Å². The molecule has 0 aliphatic heterocycles. The Morgan fingerprint density at radius 3 is 2.41 bits per heavy atom. The lowest BCUT2D eigenvalue weighted by atomic mass is 10.2. The summed E-state index contributed by atoms with van der Waals surface area (Å²) in [6.45, 7) is 1.82. The molecule has 1 heterocycles. The van der Waals surface area contributed by atoms with Crippen molar-refractivity contribution in [2.75, 3.05) is 5.32 Å². The number of benzene rings is 2. The fraction of sp³-hybridized carbons (Fsp3) is 0.0556. The number of nitriles is 1. The molecule has 0 bridgehead atoms. The van der Waals surface area contributed by atoms with Crippen LogP contribution in [0.1, 0.15) is 11.1 Å². The molecule has 1 aromatic heterocycles. The highest BCUT2D eigenvalue weighted by Crippen LogP contribution is 2.19. The Bertz CT molecular complexity index is 1110. The number of nitrogens with zero attached hydrogens (tertiary/aromatic N) is 3. The van der Waals surface area contributed by atoms with Crippen LogP contribution in [0.4, 0.5) is 10.6 Å². The van der Waals surface area contributed by atoms with Crippen molar-refractivity contribution >= 4 is 21.9 Å². The Kier molecular flexibility index (Phi) is 4.92. The van der Waals surface area contributed by atoms with Crippen LogP contribution in [0.25, 0.3) is 5.69 Å². The number of aromatic nitrogens is 2. The average Bonchev–Trinajstić information content (AvgIpc) is 3.04. The van der Waals surface area contributed by atoms with Crippen LogP contribution in [-0.2, 0) is 10.0 Å². The zero-order chi connectivity index (χ0) is 19.4. The molecule has 0 radical (unpaired) electrons. The van der Waals surface area contributed by atoms with Gasteiger partial charge in [-0.05, 0) is 31.2 Å². The Morgan fingerprint density at radius 1 is 1.11 bits per heavy atom. The molecule has 0 saturated carbocycles. The van der Waals surface area contributed by atoms with Gasteiger partial charge in [0.25, 0.3) is 10.0 Å². The van der Waals surface area contributed by atoms with Crippen LogP contribution in [0.2, 0.25) is 0 Å². The molecule has 27 heavy (non-hydrogen) atoms. The van der Waals surface area contributed by atoms with E-state index in [1.165, 1.54) is 23.0 Å². The fourth-order valence-electron chi connectivity index (χ4n) is 2.35. The van der Waals surface area contributed by atoms with E-state index in [1.807, 2.05) is 23.8 Å². The monoisotopic (exact) mass is 381 g/mol. The van der Waals surface area contributed by atoms with Crippen LogP contribution in [0.5, 0.6) is 0 Å². The van der Waals surface area contributed by atoms with Crippen molar-refractivity contribution in [2.24, 2.45) is 0 Å². The number of nitrogens with one attached hydrogen (secondary N) is 2. The smallest absolute Gasteiger partial charge is 0.290 e. The minimum atomic E-state index is -4.05. The van der Waals surface area contributed by atoms with Crippen molar-refractivity contribution in [2.45, 2.75) is 11.8 Å². The van der Waals surface area contributed by atoms with Crippen LogP contribution in [0.15, 0.2) is 65.7 Å². The third-order valence-electron chi connectivity index (χ3n) is 3.68. The van der Waals surface area contributed by atoms with E-state index in [0.29, 0.717) is 5.69 Å². The normalized spacial score (nSPS) is 10.8. The van der Waals surface area contributed by atoms with Crippen molar-refractivity contribution in [3.8, 4) is 11.8 Å². The van der Waals surface area contributed by atoms with E-state index in [4.69, 9.17) is 0 Å². The number of anilines is 1. The van der Waals surface area contributed by atoms with Gasteiger partial charge in [-0.15, -0.1) is 0 Å². The Balaban J connectivity index is 1.85. The number of para-hydroxylation sites is 1. The molecule has 2 N–H and O–H groups in total. The summed E-state index contributed by atoms with van der Waals surface area (Å²) in [4.78, 5) is 12.2. The van der Waals surface area contributed by atoms with Gasteiger partial charge in [0.15, 0.2) is 5.82 Å². The first-order chi connectivity index (χ1) is 12.9. The first kappa shape index (κ1) is 18.2. The lowest BCUT2D eigenvalue weighted by molar-refractivity contribution is 0.256. The first-order valence-electron chi connectivity index (χ1n) is 7.85. The number of rotatable bonds is 4. The van der Waals surface area contributed by atoms with Gasteiger partial charge in [-0.3, -0.25) is 5.32 Å². The van der Waals surface area contributed by atoms with Crippen LogP contribution in [0.3, 0.4) is 0 Å². The number of carbonyl (C=O) groups is 1. The zero-order valence-electron chi connectivity index (χ0n) is 14.2. The summed E-state index contributed by atoms with van der Waals surface area (Å²) in [6.07, 6.45) is 1.29. The maximum atomic E-state index is 12.3. The van der Waals surface area contributed by atoms with Crippen LogP contribution in [0, 0.1) is 18.3 Å². The van der Waals surface area contributed by atoms with Crippen LogP contribution < -0.4 is 10.0 Å². The van der Waals surface area contributed by atoms with Gasteiger partial charge in [0.2, 0.25) is 0 Å². The molecule has 0 atom stereocenters. The van der Waals surface area contributed by atoms with Crippen molar-refractivity contribution in [3.63, 3.8) is 0 Å². The molecule has 0 aliphatic rings. The SMILES string of the molecule is Cc1ccc(S(=O)(=O)NC(=O)Nc2c(C#N)cnn2-c2ccccc2)cc1. The fourth-order valence-corrected chi connectivity index (χ4v) is 3.25. The van der Waals surface area contributed by atoms with E-state index in [1.54, 1.807) is 36.4 Å². The van der Waals surface area contributed by atoms with E-state index in [0.717, 1.165) is 5.56 Å². The predicted octanol–water partition coefficient (Wildman–Crippen LogP) is 2.56. The minimum absolute atomic E-state index is 0.0414. The Labute approximate surface area is 156 Å². The van der Waals surface area contributed by atoms with Gasteiger partial charge in [-0.1, -0.05) is 35.9 Å². The molecule has 136 valence electrons. The maximum absolute atomic E-state index is 12.3. The lowest BCUT2D eigenvalue weighted by Crippen LogP contribution is -2.35. The van der Waals surface area contributed by atoms with Gasteiger partial charge in [0.1, 0.15) is 11.6 Å². The second kappa shape index (κ2) is 7.31. The molecule has 2 aromatic carbocycles. The molecule has 8 nitrogen and oxygen atoms in total. The molecule has 9 heteroatoms. The van der Waals surface area contributed by atoms with E-state index in [-0.39, 0.29) is 16.3 Å². The van der Waals surface area contributed by atoms with E-state index in [2.05, 4.69) is 10.4 Å². The Hall–Kier alpha value is -3.64. The highest BCUT2D eigenvalue weighted by molar-refractivity contribution is 7.90. The van der Waals surface area contributed by atoms with Gasteiger partial charge >= 0.3 is 6.03 Å². The Morgan fingerprint density at radius 2 is 1.78 bits per heavy atom. The molecule has 0 saturated heterocycles. The molecule has 2 amide bonds. The second-order valence-corrected chi connectivity index (χ2v) is 7.32. The molecule has 3 rings (SSSR count). The van der Waals surface area contributed by atoms with Crippen LogP contribution in [-0.4, -0.2) is 24.2 Å². The highest BCUT2D eigenvalue weighted by Gasteiger charge is 2.20. The lowest BCUT2D eigenvalue weighted by Gasteiger charge is -2.11. The topological polar surface area (TPSA) is 117 Å². The van der Waals surface area contributed by atoms with Crippen molar-refractivity contribution in [3.05, 3.63) is 71.9 Å². The minimum Gasteiger partial charge on any atom is -0.290 e. The molecular formula is C18H15N5O3S. The molecular weight excluding hydrogens is 366 g/mol. The largest absolute Gasteiger partial charge is 0.334 e. The predicted molar refractivity (Wildman–Crippen MR) is 98.8 cm³/mol. The first-order valence-corrected chi connectivity index (χ1v) is 9.33. The van der Waals surface area contributed by atoms with Crippen LogP contribution >= 0.6 is 0 Å². The number of hydrogen-bond donors (Lipinski definition) is 2. The van der Waals surface area contributed by atoms with Gasteiger partial charge in [0.05, 0.1) is 16.8 Å². The second-order valence-electron chi connectivity index (χ2n) is 5.64. The number of hydrogen-bond acceptors (Lipinski definition) is 5. The number of carbonyl (C=O) groups excluding carboxylic acids is 1. The van der Waals surface area contributed by atoms with Crippen molar-refractivity contribution < 1.29 is 13.2 Å². The van der Waals surface area contributed by atoms with Crippen molar-refractivity contribution in [1.29, 1.82) is 5.26 Å². The summed E-state index contributed by atoms with van der Waals surface area (Å²) in [5.74, 6) is 0.0697. The molecule has 0 spiro atoms. The number of sulfonamides is 1. The van der Waals surface area contributed by atoms with Gasteiger partial charge in [-0.25, -0.2) is 22.6 Å². The highest BCUT2D eigenvalue weighted by atomic mass is 32.2. The van der Waals surface area contributed by atoms with Crippen molar-refractivity contribution in [1.82, 2.24) is 14.5 Å². The molecule has 0 aliphatic carbocycles. The average molecular weight is 381 g/mol.